The summed E-state index contributed by atoms with van der Waals surface area (Å²) in [7, 11) is -3.98. The van der Waals surface area contributed by atoms with Crippen molar-refractivity contribution in [1.82, 2.24) is 10.8 Å². The third-order valence-electron chi connectivity index (χ3n) is 7.40. The highest BCUT2D eigenvalue weighted by atomic mass is 32.2. The number of sulfone groups is 1. The predicted octanol–water partition coefficient (Wildman–Crippen LogP) is 2.97. The molecule has 8 heteroatoms. The second-order valence-corrected chi connectivity index (χ2v) is 11.5. The van der Waals surface area contributed by atoms with Crippen molar-refractivity contribution in [3.63, 3.8) is 0 Å². The molecule has 4 rings (SSSR count). The van der Waals surface area contributed by atoms with Gasteiger partial charge >= 0.3 is 0 Å². The van der Waals surface area contributed by atoms with Gasteiger partial charge in [-0.15, -0.1) is 0 Å². The van der Waals surface area contributed by atoms with Crippen LogP contribution in [0.4, 0.5) is 0 Å². The van der Waals surface area contributed by atoms with Crippen LogP contribution in [0.5, 0.6) is 5.75 Å². The average molecular weight is 437 g/mol. The minimum atomic E-state index is -3.98. The Hall–Kier alpha value is -1.64. The van der Waals surface area contributed by atoms with Gasteiger partial charge in [-0.2, -0.15) is 0 Å². The molecule has 7 nitrogen and oxygen atoms in total. The SMILES string of the molecule is O=C(NO)C1(S(=O)(=O)c2ccc(OC3CCCCC3)cc2)CCC2(CCNCC2)C1. The van der Waals surface area contributed by atoms with Crippen LogP contribution in [0.25, 0.3) is 0 Å². The Balaban J connectivity index is 1.58. The van der Waals surface area contributed by atoms with Crippen LogP contribution in [-0.2, 0) is 14.6 Å². The first-order valence-electron chi connectivity index (χ1n) is 11.1. The van der Waals surface area contributed by atoms with Crippen molar-refractivity contribution in [1.29, 1.82) is 0 Å². The molecule has 1 aromatic rings. The third-order valence-corrected chi connectivity index (χ3v) is 9.86. The fraction of sp³-hybridized carbons (Fsp3) is 0.682. The van der Waals surface area contributed by atoms with E-state index in [0.717, 1.165) is 51.6 Å². The molecule has 30 heavy (non-hydrogen) atoms. The van der Waals surface area contributed by atoms with E-state index in [0.29, 0.717) is 12.2 Å². The molecule has 166 valence electrons. The average Bonchev–Trinajstić information content (AvgIpc) is 3.15. The summed E-state index contributed by atoms with van der Waals surface area (Å²) in [5.74, 6) is -0.164. The van der Waals surface area contributed by atoms with E-state index in [9.17, 15) is 18.4 Å². The van der Waals surface area contributed by atoms with Gasteiger partial charge in [-0.1, -0.05) is 6.42 Å². The van der Waals surface area contributed by atoms with Gasteiger partial charge in [0.25, 0.3) is 5.91 Å². The third kappa shape index (κ3) is 3.85. The molecule has 0 aromatic heterocycles. The molecule has 1 spiro atoms. The fourth-order valence-corrected chi connectivity index (χ4v) is 7.68. The van der Waals surface area contributed by atoms with E-state index in [4.69, 9.17) is 4.74 Å². The molecule has 1 aromatic carbocycles. The van der Waals surface area contributed by atoms with Crippen LogP contribution in [0.3, 0.4) is 0 Å². The molecule has 1 aliphatic heterocycles. The topological polar surface area (TPSA) is 105 Å². The number of carbonyl (C=O) groups excluding carboxylic acids is 1. The lowest BCUT2D eigenvalue weighted by molar-refractivity contribution is -0.132. The van der Waals surface area contributed by atoms with Crippen LogP contribution in [-0.4, -0.2) is 43.5 Å². The molecule has 3 aliphatic rings. The molecular weight excluding hydrogens is 404 g/mol. The molecule has 0 bridgehead atoms. The molecule has 3 fully saturated rings. The van der Waals surface area contributed by atoms with E-state index >= 15 is 0 Å². The number of carbonyl (C=O) groups is 1. The molecule has 2 saturated carbocycles. The molecule has 1 amide bonds. The summed E-state index contributed by atoms with van der Waals surface area (Å²) in [5.41, 5.74) is 1.48. The molecule has 2 aliphatic carbocycles. The van der Waals surface area contributed by atoms with E-state index < -0.39 is 20.5 Å². The van der Waals surface area contributed by atoms with Crippen LogP contribution in [0.1, 0.15) is 64.2 Å². The molecular formula is C22H32N2O5S. The van der Waals surface area contributed by atoms with Crippen molar-refractivity contribution in [3.05, 3.63) is 24.3 Å². The molecule has 1 unspecified atom stereocenters. The predicted molar refractivity (Wildman–Crippen MR) is 112 cm³/mol. The second-order valence-electron chi connectivity index (χ2n) is 9.21. The normalized spacial score (nSPS) is 27.1. The zero-order valence-electron chi connectivity index (χ0n) is 17.4. The van der Waals surface area contributed by atoms with Crippen molar-refractivity contribution < 1.29 is 23.2 Å². The minimum Gasteiger partial charge on any atom is -0.490 e. The van der Waals surface area contributed by atoms with Crippen molar-refractivity contribution in [2.45, 2.75) is 80.0 Å². The Bertz CT molecular complexity index is 858. The zero-order valence-corrected chi connectivity index (χ0v) is 18.2. The van der Waals surface area contributed by atoms with Crippen LogP contribution in [0.2, 0.25) is 0 Å². The van der Waals surface area contributed by atoms with Crippen LogP contribution in [0.15, 0.2) is 29.2 Å². The highest BCUT2D eigenvalue weighted by molar-refractivity contribution is 7.93. The van der Waals surface area contributed by atoms with Gasteiger partial charge in [0.05, 0.1) is 11.0 Å². The van der Waals surface area contributed by atoms with E-state index in [-0.39, 0.29) is 29.3 Å². The number of piperidine rings is 1. The van der Waals surface area contributed by atoms with Gasteiger partial charge < -0.3 is 10.1 Å². The summed E-state index contributed by atoms with van der Waals surface area (Å²) in [6, 6.07) is 6.43. The minimum absolute atomic E-state index is 0.105. The zero-order chi connectivity index (χ0) is 21.2. The van der Waals surface area contributed by atoms with Crippen molar-refractivity contribution in [2.24, 2.45) is 5.41 Å². The summed E-state index contributed by atoms with van der Waals surface area (Å²) in [6.07, 6.45) is 8.62. The van der Waals surface area contributed by atoms with E-state index in [1.807, 2.05) is 0 Å². The number of nitrogens with one attached hydrogen (secondary N) is 2. The Kier molecular flexibility index (Phi) is 6.10. The van der Waals surface area contributed by atoms with Gasteiger partial charge in [0.2, 0.25) is 0 Å². The fourth-order valence-electron chi connectivity index (χ4n) is 5.58. The van der Waals surface area contributed by atoms with Gasteiger partial charge in [0, 0.05) is 0 Å². The maximum atomic E-state index is 13.7. The second kappa shape index (κ2) is 8.48. The number of hydroxylamine groups is 1. The summed E-state index contributed by atoms with van der Waals surface area (Å²) in [4.78, 5) is 12.8. The van der Waals surface area contributed by atoms with Gasteiger partial charge in [0.1, 0.15) is 5.75 Å². The van der Waals surface area contributed by atoms with Gasteiger partial charge in [-0.05, 0) is 101 Å². The number of amides is 1. The van der Waals surface area contributed by atoms with Crippen molar-refractivity contribution in [2.75, 3.05) is 13.1 Å². The first kappa shape index (κ1) is 21.6. The number of benzene rings is 1. The molecule has 1 atom stereocenters. The van der Waals surface area contributed by atoms with Gasteiger partial charge in [-0.3, -0.25) is 10.0 Å². The summed E-state index contributed by atoms with van der Waals surface area (Å²) < 4.78 is 31.7. The van der Waals surface area contributed by atoms with Crippen LogP contribution in [0, 0.1) is 5.41 Å². The molecule has 0 radical (unpaired) electrons. The summed E-state index contributed by atoms with van der Waals surface area (Å²) in [6.45, 7) is 1.65. The largest absolute Gasteiger partial charge is 0.490 e. The van der Waals surface area contributed by atoms with Crippen molar-refractivity contribution in [3.8, 4) is 5.75 Å². The Morgan fingerprint density at radius 3 is 2.33 bits per heavy atom. The highest BCUT2D eigenvalue weighted by Gasteiger charge is 2.60. The summed E-state index contributed by atoms with van der Waals surface area (Å²) >= 11 is 0. The molecule has 1 heterocycles. The standard InChI is InChI=1S/C22H32N2O5S/c25-20(24-26)22(11-10-21(16-22)12-14-23-15-13-21)30(27,28)19-8-6-18(7-9-19)29-17-4-2-1-3-5-17/h6-9,17,23,26H,1-5,10-16H2,(H,24,25). The summed E-state index contributed by atoms with van der Waals surface area (Å²) in [5, 5.41) is 12.7. The van der Waals surface area contributed by atoms with E-state index in [1.54, 1.807) is 17.6 Å². The monoisotopic (exact) mass is 436 g/mol. The van der Waals surface area contributed by atoms with Crippen LogP contribution >= 0.6 is 0 Å². The van der Waals surface area contributed by atoms with Crippen LogP contribution < -0.4 is 15.5 Å². The first-order chi connectivity index (χ1) is 14.4. The lowest BCUT2D eigenvalue weighted by Crippen LogP contribution is -2.51. The Labute approximate surface area is 178 Å². The number of rotatable bonds is 5. The van der Waals surface area contributed by atoms with Gasteiger partial charge in [0.15, 0.2) is 14.6 Å². The van der Waals surface area contributed by atoms with Gasteiger partial charge in [-0.25, -0.2) is 13.9 Å². The lowest BCUT2D eigenvalue weighted by Gasteiger charge is -2.36. The van der Waals surface area contributed by atoms with Crippen molar-refractivity contribution >= 4 is 15.7 Å². The molecule has 1 saturated heterocycles. The Morgan fingerprint density at radius 1 is 1.03 bits per heavy atom. The highest BCUT2D eigenvalue weighted by Crippen LogP contribution is 2.54. The first-order valence-corrected chi connectivity index (χ1v) is 12.6. The quantitative estimate of drug-likeness (QED) is 0.484. The number of hydrogen-bond donors (Lipinski definition) is 3. The lowest BCUT2D eigenvalue weighted by atomic mass is 9.77. The number of hydrogen-bond acceptors (Lipinski definition) is 6. The van der Waals surface area contributed by atoms with E-state index in [2.05, 4.69) is 5.32 Å². The maximum Gasteiger partial charge on any atom is 0.265 e. The molecule has 3 N–H and O–H groups in total. The maximum absolute atomic E-state index is 13.7. The number of ether oxygens (including phenoxy) is 1. The smallest absolute Gasteiger partial charge is 0.265 e. The van der Waals surface area contributed by atoms with E-state index in [1.165, 1.54) is 18.6 Å². The Morgan fingerprint density at radius 2 is 1.70 bits per heavy atom.